The lowest BCUT2D eigenvalue weighted by Crippen LogP contribution is -2.06. The predicted octanol–water partition coefficient (Wildman–Crippen LogP) is 1.99. The van der Waals surface area contributed by atoms with Crippen LogP contribution in [0.5, 0.6) is 0 Å². The maximum atomic E-state index is 11.1. The van der Waals surface area contributed by atoms with E-state index in [-0.39, 0.29) is 5.69 Å². The van der Waals surface area contributed by atoms with Gasteiger partial charge in [0.15, 0.2) is 5.69 Å². The Hall–Kier alpha value is -1.66. The third-order valence-electron chi connectivity index (χ3n) is 2.39. The molecule has 6 heteroatoms. The van der Waals surface area contributed by atoms with Crippen LogP contribution in [0.3, 0.4) is 0 Å². The lowest BCUT2D eigenvalue weighted by atomic mass is 10.1. The Kier molecular flexibility index (Phi) is 3.26. The quantitative estimate of drug-likeness (QED) is 0.903. The minimum Gasteiger partial charge on any atom is -0.477 e. The van der Waals surface area contributed by atoms with Crippen LogP contribution in [-0.2, 0) is 18.4 Å². The third kappa shape index (κ3) is 2.22. The second-order valence-electron chi connectivity index (χ2n) is 3.57. The molecule has 0 bridgehead atoms. The zero-order valence-electron chi connectivity index (χ0n) is 9.51. The molecule has 2 aromatic heterocycles. The fourth-order valence-electron chi connectivity index (χ4n) is 1.64. The van der Waals surface area contributed by atoms with E-state index in [2.05, 4.69) is 5.10 Å². The fourth-order valence-corrected chi connectivity index (χ4v) is 2.50. The summed E-state index contributed by atoms with van der Waals surface area (Å²) in [6.45, 7) is 0.535. The lowest BCUT2D eigenvalue weighted by Gasteiger charge is -1.98. The molecular formula is C11H12N2O3S. The number of aryl methyl sites for hydroxylation is 1. The van der Waals surface area contributed by atoms with Gasteiger partial charge >= 0.3 is 5.97 Å². The van der Waals surface area contributed by atoms with Gasteiger partial charge in [-0.15, -0.1) is 11.3 Å². The number of carboxylic acid groups (broad SMARTS) is 1. The molecule has 0 saturated carbocycles. The highest BCUT2D eigenvalue weighted by Crippen LogP contribution is 2.28. The zero-order chi connectivity index (χ0) is 12.4. The zero-order valence-corrected chi connectivity index (χ0v) is 10.3. The molecule has 0 fully saturated rings. The number of nitrogens with zero attached hydrogens (tertiary/aromatic N) is 2. The summed E-state index contributed by atoms with van der Waals surface area (Å²) in [7, 11) is 3.25. The average molecular weight is 252 g/mol. The molecule has 2 aromatic rings. The van der Waals surface area contributed by atoms with E-state index in [0.717, 1.165) is 10.4 Å². The van der Waals surface area contributed by atoms with Crippen molar-refractivity contribution in [3.63, 3.8) is 0 Å². The summed E-state index contributed by atoms with van der Waals surface area (Å²) in [5, 5.41) is 15.0. The summed E-state index contributed by atoms with van der Waals surface area (Å²) in [5.74, 6) is -0.973. The highest BCUT2D eigenvalue weighted by molar-refractivity contribution is 7.10. The number of hydrogen-bond donors (Lipinski definition) is 1. The van der Waals surface area contributed by atoms with Crippen molar-refractivity contribution in [2.24, 2.45) is 7.05 Å². The van der Waals surface area contributed by atoms with E-state index in [0.29, 0.717) is 12.2 Å². The van der Waals surface area contributed by atoms with Gasteiger partial charge in [-0.25, -0.2) is 4.79 Å². The van der Waals surface area contributed by atoms with Gasteiger partial charge in [-0.05, 0) is 17.0 Å². The van der Waals surface area contributed by atoms with Crippen LogP contribution in [0.2, 0.25) is 0 Å². The molecule has 0 amide bonds. The maximum Gasteiger partial charge on any atom is 0.354 e. The molecule has 0 aliphatic heterocycles. The largest absolute Gasteiger partial charge is 0.477 e. The molecule has 5 nitrogen and oxygen atoms in total. The normalized spacial score (nSPS) is 10.7. The van der Waals surface area contributed by atoms with E-state index in [1.807, 2.05) is 11.4 Å². The van der Waals surface area contributed by atoms with Gasteiger partial charge in [0.1, 0.15) is 0 Å². The number of rotatable bonds is 4. The van der Waals surface area contributed by atoms with Gasteiger partial charge in [-0.2, -0.15) is 5.10 Å². The smallest absolute Gasteiger partial charge is 0.354 e. The molecule has 0 aromatic carbocycles. The van der Waals surface area contributed by atoms with Gasteiger partial charge in [0.2, 0.25) is 0 Å². The summed E-state index contributed by atoms with van der Waals surface area (Å²) in [4.78, 5) is 12.2. The van der Waals surface area contributed by atoms with Crippen LogP contribution in [-0.4, -0.2) is 28.0 Å². The van der Waals surface area contributed by atoms with Gasteiger partial charge in [0.25, 0.3) is 0 Å². The first kappa shape index (κ1) is 11.8. The number of aromatic carboxylic acids is 1. The van der Waals surface area contributed by atoms with Gasteiger partial charge in [0.05, 0.1) is 12.8 Å². The first-order valence-electron chi connectivity index (χ1n) is 4.95. The Morgan fingerprint density at radius 1 is 1.65 bits per heavy atom. The van der Waals surface area contributed by atoms with Crippen LogP contribution >= 0.6 is 11.3 Å². The first-order valence-corrected chi connectivity index (χ1v) is 5.83. The van der Waals surface area contributed by atoms with Crippen LogP contribution in [0.15, 0.2) is 17.6 Å². The molecule has 90 valence electrons. The van der Waals surface area contributed by atoms with Gasteiger partial charge < -0.3 is 9.84 Å². The molecule has 2 rings (SSSR count). The number of methoxy groups -OCH3 is 1. The number of aromatic nitrogens is 2. The number of hydrogen-bond acceptors (Lipinski definition) is 4. The summed E-state index contributed by atoms with van der Waals surface area (Å²) in [5.41, 5.74) is 1.71. The number of ether oxygens (including phenoxy) is 1. The summed E-state index contributed by atoms with van der Waals surface area (Å²) in [6.07, 6.45) is 1.57. The van der Waals surface area contributed by atoms with E-state index < -0.39 is 5.97 Å². The Morgan fingerprint density at radius 3 is 3.06 bits per heavy atom. The Labute approximate surface area is 102 Å². The van der Waals surface area contributed by atoms with Crippen molar-refractivity contribution in [3.8, 4) is 11.1 Å². The van der Waals surface area contributed by atoms with Gasteiger partial charge in [-0.1, -0.05) is 0 Å². The van der Waals surface area contributed by atoms with Crippen LogP contribution < -0.4 is 0 Å². The molecule has 0 unspecified atom stereocenters. The first-order chi connectivity index (χ1) is 8.13. The van der Waals surface area contributed by atoms with Crippen molar-refractivity contribution < 1.29 is 14.6 Å². The van der Waals surface area contributed by atoms with Crippen molar-refractivity contribution in [3.05, 3.63) is 28.2 Å². The molecule has 17 heavy (non-hydrogen) atoms. The molecule has 0 atom stereocenters. The Bertz CT molecular complexity index is 545. The van der Waals surface area contributed by atoms with Crippen molar-refractivity contribution in [2.45, 2.75) is 6.61 Å². The molecule has 2 heterocycles. The molecule has 0 spiro atoms. The fraction of sp³-hybridized carbons (Fsp3) is 0.273. The molecule has 1 N–H and O–H groups in total. The van der Waals surface area contributed by atoms with Crippen molar-refractivity contribution in [2.75, 3.05) is 7.11 Å². The molecule has 0 radical (unpaired) electrons. The van der Waals surface area contributed by atoms with E-state index in [4.69, 9.17) is 9.84 Å². The highest BCUT2D eigenvalue weighted by Gasteiger charge is 2.17. The predicted molar refractivity (Wildman–Crippen MR) is 64.2 cm³/mol. The number of thiophene rings is 1. The standard InChI is InChI=1S/C11H12N2O3S/c1-13-10(11(14)15)9(4-12-13)7-3-8(5-16-2)17-6-7/h3-4,6H,5H2,1-2H3,(H,14,15). The van der Waals surface area contributed by atoms with Crippen LogP contribution in [0.1, 0.15) is 15.4 Å². The van der Waals surface area contributed by atoms with E-state index in [1.165, 1.54) is 4.68 Å². The van der Waals surface area contributed by atoms with Gasteiger partial charge in [0, 0.05) is 24.6 Å². The minimum absolute atomic E-state index is 0.201. The summed E-state index contributed by atoms with van der Waals surface area (Å²) >= 11 is 1.54. The highest BCUT2D eigenvalue weighted by atomic mass is 32.1. The second-order valence-corrected chi connectivity index (χ2v) is 4.57. The molecule has 0 saturated heterocycles. The SMILES string of the molecule is COCc1cc(-c2cnn(C)c2C(=O)O)cs1. The third-order valence-corrected chi connectivity index (χ3v) is 3.30. The maximum absolute atomic E-state index is 11.1. The monoisotopic (exact) mass is 252 g/mol. The van der Waals surface area contributed by atoms with Crippen molar-refractivity contribution in [1.82, 2.24) is 9.78 Å². The van der Waals surface area contributed by atoms with E-state index in [1.54, 1.807) is 31.7 Å². The average Bonchev–Trinajstić information content (AvgIpc) is 2.84. The van der Waals surface area contributed by atoms with Crippen LogP contribution in [0.4, 0.5) is 0 Å². The summed E-state index contributed by atoms with van der Waals surface area (Å²) < 4.78 is 6.40. The van der Waals surface area contributed by atoms with E-state index >= 15 is 0 Å². The van der Waals surface area contributed by atoms with Crippen LogP contribution in [0.25, 0.3) is 11.1 Å². The van der Waals surface area contributed by atoms with Crippen LogP contribution in [0, 0.1) is 0 Å². The van der Waals surface area contributed by atoms with E-state index in [9.17, 15) is 4.79 Å². The Balaban J connectivity index is 2.42. The molecular weight excluding hydrogens is 240 g/mol. The molecule has 0 aliphatic carbocycles. The molecule has 0 aliphatic rings. The van der Waals surface area contributed by atoms with Gasteiger partial charge in [-0.3, -0.25) is 4.68 Å². The van der Waals surface area contributed by atoms with Crippen molar-refractivity contribution in [1.29, 1.82) is 0 Å². The van der Waals surface area contributed by atoms with Crippen molar-refractivity contribution >= 4 is 17.3 Å². The lowest BCUT2D eigenvalue weighted by molar-refractivity contribution is 0.0686. The topological polar surface area (TPSA) is 64.4 Å². The Morgan fingerprint density at radius 2 is 2.41 bits per heavy atom. The summed E-state index contributed by atoms with van der Waals surface area (Å²) in [6, 6.07) is 1.93. The minimum atomic E-state index is -0.973. The number of carbonyl (C=O) groups is 1. The second kappa shape index (κ2) is 4.68. The number of carboxylic acids is 1.